The van der Waals surface area contributed by atoms with E-state index in [0.717, 1.165) is 6.42 Å². The quantitative estimate of drug-likeness (QED) is 0.526. The summed E-state index contributed by atoms with van der Waals surface area (Å²) < 4.78 is 5.09. The van der Waals surface area contributed by atoms with Gasteiger partial charge in [-0.15, -0.1) is 0 Å². The van der Waals surface area contributed by atoms with Gasteiger partial charge >= 0.3 is 5.97 Å². The topological polar surface area (TPSA) is 26.3 Å². The van der Waals surface area contributed by atoms with Crippen LogP contribution in [0.5, 0.6) is 0 Å². The third-order valence-corrected chi connectivity index (χ3v) is 1.85. The molecule has 0 aromatic rings. The third-order valence-electron chi connectivity index (χ3n) is 1.85. The molecule has 0 spiro atoms. The van der Waals surface area contributed by atoms with Gasteiger partial charge in [-0.3, -0.25) is 4.79 Å². The lowest BCUT2D eigenvalue weighted by molar-refractivity contribution is -0.144. The molecular weight excluding hydrogens is 160 g/mol. The maximum atomic E-state index is 10.7. The highest BCUT2D eigenvalue weighted by molar-refractivity contribution is 7.59. The van der Waals surface area contributed by atoms with Gasteiger partial charge in [-0.05, 0) is 11.8 Å². The lowest BCUT2D eigenvalue weighted by Gasteiger charge is -2.24. The van der Waals surface area contributed by atoms with E-state index in [9.17, 15) is 4.79 Å². The van der Waals surface area contributed by atoms with Gasteiger partial charge < -0.3 is 4.74 Å². The summed E-state index contributed by atoms with van der Waals surface area (Å²) in [5, 5.41) is 0. The highest BCUT2D eigenvalue weighted by Gasteiger charge is 2.33. The van der Waals surface area contributed by atoms with Crippen LogP contribution in [0.3, 0.4) is 0 Å². The summed E-state index contributed by atoms with van der Waals surface area (Å²) in [5.41, 5.74) is 0.117. The Morgan fingerprint density at radius 1 is 1.45 bits per heavy atom. The Bertz CT molecular complexity index is 149. The maximum Gasteiger partial charge on any atom is 0.306 e. The summed E-state index contributed by atoms with van der Waals surface area (Å²) in [6.07, 6.45) is 1.63. The van der Waals surface area contributed by atoms with Gasteiger partial charge in [0.25, 0.3) is 0 Å². The van der Waals surface area contributed by atoms with E-state index in [1.54, 1.807) is 0 Å². The van der Waals surface area contributed by atoms with Gasteiger partial charge in [-0.25, -0.2) is 0 Å². The fraction of sp³-hybridized carbons (Fsp3) is 0.875. The van der Waals surface area contributed by atoms with Crippen LogP contribution in [-0.2, 0) is 9.53 Å². The molecule has 0 saturated carbocycles. The van der Waals surface area contributed by atoms with Gasteiger partial charge in [0, 0.05) is 6.42 Å². The van der Waals surface area contributed by atoms with Gasteiger partial charge in [0.1, 0.15) is 6.10 Å². The van der Waals surface area contributed by atoms with Gasteiger partial charge in [0.05, 0.1) is 0 Å². The van der Waals surface area contributed by atoms with Crippen molar-refractivity contribution in [2.24, 2.45) is 5.41 Å². The van der Waals surface area contributed by atoms with Crippen LogP contribution >= 0.6 is 13.5 Å². The third kappa shape index (κ3) is 2.73. The minimum atomic E-state index is -0.0417. The highest BCUT2D eigenvalue weighted by Crippen LogP contribution is 2.30. The van der Waals surface area contributed by atoms with E-state index in [4.69, 9.17) is 4.74 Å². The zero-order valence-corrected chi connectivity index (χ0v) is 8.31. The molecule has 0 bridgehead atoms. The Kier molecular flexibility index (Phi) is 3.42. The van der Waals surface area contributed by atoms with Gasteiger partial charge in [-0.1, -0.05) is 20.8 Å². The molecule has 0 unspecified atom stereocenters. The monoisotopic (exact) mass is 176 g/mol. The number of esters is 1. The second-order valence-corrected chi connectivity index (χ2v) is 3.88. The fourth-order valence-corrected chi connectivity index (χ4v) is 1.14. The zero-order valence-electron chi connectivity index (χ0n) is 7.31. The number of ether oxygens (including phenoxy) is 1. The fourth-order valence-electron chi connectivity index (χ4n) is 1.14. The predicted octanol–water partition coefficient (Wildman–Crippen LogP) is 1.85. The molecule has 1 atom stereocenters. The number of carbonyl (C=O) groups is 1. The molecule has 1 heterocycles. The van der Waals surface area contributed by atoms with E-state index in [1.165, 1.54) is 0 Å². The van der Waals surface area contributed by atoms with Crippen LogP contribution in [-0.4, -0.2) is 12.1 Å². The standard InChI is InChI=1S/C8H14O2.H2S/c1-8(2,3)6-4-5-7(9)10-6;/h6H,4-5H2,1-3H3;1H2/t6-;/m0./s1. The summed E-state index contributed by atoms with van der Waals surface area (Å²) in [6.45, 7) is 6.28. The molecule has 0 aromatic heterocycles. The molecule has 0 amide bonds. The number of hydrogen-bond acceptors (Lipinski definition) is 2. The van der Waals surface area contributed by atoms with Crippen LogP contribution in [0.15, 0.2) is 0 Å². The normalized spacial score (nSPS) is 24.3. The SMILES string of the molecule is CC(C)(C)[C@@H]1CCC(=O)O1.S. The smallest absolute Gasteiger partial charge is 0.306 e. The van der Waals surface area contributed by atoms with Crippen LogP contribution in [0.25, 0.3) is 0 Å². The van der Waals surface area contributed by atoms with Gasteiger partial charge in [0.2, 0.25) is 0 Å². The summed E-state index contributed by atoms with van der Waals surface area (Å²) in [7, 11) is 0. The van der Waals surface area contributed by atoms with Crippen molar-refractivity contribution in [1.29, 1.82) is 0 Å². The van der Waals surface area contributed by atoms with Crippen molar-refractivity contribution in [2.45, 2.75) is 39.7 Å². The minimum absolute atomic E-state index is 0. The number of hydrogen-bond donors (Lipinski definition) is 0. The molecule has 1 aliphatic rings. The van der Waals surface area contributed by atoms with Gasteiger partial charge in [0.15, 0.2) is 0 Å². The lowest BCUT2D eigenvalue weighted by Crippen LogP contribution is -2.25. The molecule has 1 fully saturated rings. The van der Waals surface area contributed by atoms with Crippen molar-refractivity contribution in [3.05, 3.63) is 0 Å². The minimum Gasteiger partial charge on any atom is -0.462 e. The van der Waals surface area contributed by atoms with E-state index in [-0.39, 0.29) is 31.0 Å². The molecule has 0 aromatic carbocycles. The first-order valence-electron chi connectivity index (χ1n) is 3.69. The molecule has 2 nitrogen and oxygen atoms in total. The van der Waals surface area contributed by atoms with E-state index in [2.05, 4.69) is 20.8 Å². The van der Waals surface area contributed by atoms with Crippen LogP contribution in [0, 0.1) is 5.41 Å². The number of rotatable bonds is 0. The molecule has 0 radical (unpaired) electrons. The first kappa shape index (κ1) is 10.8. The molecule has 0 N–H and O–H groups in total. The molecule has 1 aliphatic heterocycles. The predicted molar refractivity (Wildman–Crippen MR) is 49.0 cm³/mol. The van der Waals surface area contributed by atoms with E-state index in [0.29, 0.717) is 6.42 Å². The Labute approximate surface area is 74.8 Å². The number of carbonyl (C=O) groups excluding carboxylic acids is 1. The summed E-state index contributed by atoms with van der Waals surface area (Å²) in [5.74, 6) is -0.0417. The lowest BCUT2D eigenvalue weighted by atomic mass is 9.88. The average Bonchev–Trinajstić information content (AvgIpc) is 2.11. The van der Waals surface area contributed by atoms with Crippen LogP contribution in [0.4, 0.5) is 0 Å². The largest absolute Gasteiger partial charge is 0.462 e. The molecule has 0 aliphatic carbocycles. The van der Waals surface area contributed by atoms with Crippen LogP contribution < -0.4 is 0 Å². The molecule has 11 heavy (non-hydrogen) atoms. The number of cyclic esters (lactones) is 1. The first-order chi connectivity index (χ1) is 4.50. The van der Waals surface area contributed by atoms with E-state index in [1.807, 2.05) is 0 Å². The summed E-state index contributed by atoms with van der Waals surface area (Å²) in [6, 6.07) is 0. The van der Waals surface area contributed by atoms with Crippen molar-refractivity contribution in [3.8, 4) is 0 Å². The molecule has 3 heteroatoms. The highest BCUT2D eigenvalue weighted by atomic mass is 32.1. The van der Waals surface area contributed by atoms with E-state index >= 15 is 0 Å². The van der Waals surface area contributed by atoms with Crippen molar-refractivity contribution < 1.29 is 9.53 Å². The second-order valence-electron chi connectivity index (χ2n) is 3.88. The Morgan fingerprint density at radius 2 is 2.00 bits per heavy atom. The van der Waals surface area contributed by atoms with Crippen molar-refractivity contribution in [1.82, 2.24) is 0 Å². The van der Waals surface area contributed by atoms with Gasteiger partial charge in [-0.2, -0.15) is 13.5 Å². The summed E-state index contributed by atoms with van der Waals surface area (Å²) in [4.78, 5) is 10.7. The Balaban J connectivity index is 0.000001000. The van der Waals surface area contributed by atoms with Crippen molar-refractivity contribution >= 4 is 19.5 Å². The van der Waals surface area contributed by atoms with Crippen LogP contribution in [0.1, 0.15) is 33.6 Å². The molecule has 1 rings (SSSR count). The summed E-state index contributed by atoms with van der Waals surface area (Å²) >= 11 is 0. The van der Waals surface area contributed by atoms with Crippen LogP contribution in [0.2, 0.25) is 0 Å². The van der Waals surface area contributed by atoms with Crippen molar-refractivity contribution in [3.63, 3.8) is 0 Å². The average molecular weight is 176 g/mol. The molecule has 66 valence electrons. The molecular formula is C8H16O2S. The van der Waals surface area contributed by atoms with E-state index < -0.39 is 0 Å². The first-order valence-corrected chi connectivity index (χ1v) is 3.69. The second kappa shape index (κ2) is 3.48. The zero-order chi connectivity index (χ0) is 7.78. The van der Waals surface area contributed by atoms with Crippen molar-refractivity contribution in [2.75, 3.05) is 0 Å². The Hall–Kier alpha value is -0.180. The molecule has 1 saturated heterocycles. The Morgan fingerprint density at radius 3 is 2.18 bits per heavy atom. The maximum absolute atomic E-state index is 10.7.